The molecule has 0 N–H and O–H groups in total. The van der Waals surface area contributed by atoms with Gasteiger partial charge in [-0.2, -0.15) is 0 Å². The standard InChI is InChI=1S/C51H37NO/c1-51(2)44-26-11-9-22-40(44)41-31-30-38(33-45(41)51)52(47-28-15-25-43-42-23-10-12-29-48(42)53-50(43)47)46-27-14-24-39(35-18-7-4-8-19-35)49(46)37-21-13-20-36(32-37)34-16-5-3-6-17-34/h3-33H,1-2H3. The molecular formula is C51H37NO. The molecule has 0 saturated carbocycles. The SMILES string of the molecule is CC1(C)c2ccccc2-c2ccc(N(c3cccc(-c4ccccc4)c3-c3cccc(-c4ccccc4)c3)c3cccc4c3oc3ccccc34)cc21. The molecule has 252 valence electrons. The molecule has 2 heteroatoms. The predicted octanol–water partition coefficient (Wildman–Crippen LogP) is 14.4. The van der Waals surface area contributed by atoms with Crippen molar-refractivity contribution in [3.63, 3.8) is 0 Å². The smallest absolute Gasteiger partial charge is 0.159 e. The van der Waals surface area contributed by atoms with E-state index in [0.29, 0.717) is 0 Å². The molecule has 1 heterocycles. The molecule has 0 amide bonds. The summed E-state index contributed by atoms with van der Waals surface area (Å²) in [5.41, 5.74) is 17.1. The Labute approximate surface area is 310 Å². The zero-order valence-corrected chi connectivity index (χ0v) is 29.8. The summed E-state index contributed by atoms with van der Waals surface area (Å²) in [7, 11) is 0. The number of rotatable bonds is 6. The van der Waals surface area contributed by atoms with Crippen molar-refractivity contribution in [3.05, 3.63) is 199 Å². The zero-order valence-electron chi connectivity index (χ0n) is 29.8. The highest BCUT2D eigenvalue weighted by Crippen LogP contribution is 2.53. The van der Waals surface area contributed by atoms with Gasteiger partial charge in [0, 0.05) is 27.4 Å². The van der Waals surface area contributed by atoms with Gasteiger partial charge >= 0.3 is 0 Å². The van der Waals surface area contributed by atoms with Crippen LogP contribution < -0.4 is 4.90 Å². The predicted molar refractivity (Wildman–Crippen MR) is 222 cm³/mol. The summed E-state index contributed by atoms with van der Waals surface area (Å²) < 4.78 is 6.79. The molecule has 9 aromatic rings. The van der Waals surface area contributed by atoms with E-state index in [1.165, 1.54) is 44.5 Å². The molecule has 1 aliphatic rings. The summed E-state index contributed by atoms with van der Waals surface area (Å²) in [6.45, 7) is 4.70. The summed E-state index contributed by atoms with van der Waals surface area (Å²) in [5, 5.41) is 2.22. The lowest BCUT2D eigenvalue weighted by atomic mass is 9.82. The zero-order chi connectivity index (χ0) is 35.5. The van der Waals surface area contributed by atoms with Gasteiger partial charge in [-0.15, -0.1) is 0 Å². The number of benzene rings is 8. The third-order valence-corrected chi connectivity index (χ3v) is 11.1. The van der Waals surface area contributed by atoms with Gasteiger partial charge in [-0.1, -0.05) is 166 Å². The third kappa shape index (κ3) is 5.02. The molecule has 0 bridgehead atoms. The van der Waals surface area contributed by atoms with E-state index in [4.69, 9.17) is 4.42 Å². The van der Waals surface area contributed by atoms with Crippen LogP contribution in [0.4, 0.5) is 17.1 Å². The summed E-state index contributed by atoms with van der Waals surface area (Å²) in [5.74, 6) is 0. The van der Waals surface area contributed by atoms with Gasteiger partial charge in [0.2, 0.25) is 0 Å². The van der Waals surface area contributed by atoms with E-state index < -0.39 is 0 Å². The summed E-state index contributed by atoms with van der Waals surface area (Å²) >= 11 is 0. The first-order valence-electron chi connectivity index (χ1n) is 18.4. The maximum Gasteiger partial charge on any atom is 0.159 e. The number of hydrogen-bond acceptors (Lipinski definition) is 2. The first-order valence-corrected chi connectivity index (χ1v) is 18.4. The second kappa shape index (κ2) is 12.3. The fraction of sp³-hybridized carbons (Fsp3) is 0.0588. The molecule has 53 heavy (non-hydrogen) atoms. The van der Waals surface area contributed by atoms with Gasteiger partial charge in [-0.3, -0.25) is 0 Å². The van der Waals surface area contributed by atoms with E-state index in [2.05, 4.69) is 201 Å². The van der Waals surface area contributed by atoms with Crippen LogP contribution in [0, 0.1) is 0 Å². The van der Waals surface area contributed by atoms with Crippen LogP contribution in [0.25, 0.3) is 66.4 Å². The first-order chi connectivity index (χ1) is 26.1. The number of furan rings is 1. The molecule has 0 saturated heterocycles. The van der Waals surface area contributed by atoms with Crippen LogP contribution in [0.15, 0.2) is 192 Å². The van der Waals surface area contributed by atoms with Gasteiger partial charge in [0.05, 0.1) is 11.4 Å². The van der Waals surface area contributed by atoms with Crippen molar-refractivity contribution in [2.45, 2.75) is 19.3 Å². The Hall–Kier alpha value is -6.64. The van der Waals surface area contributed by atoms with E-state index in [1.54, 1.807) is 0 Å². The van der Waals surface area contributed by atoms with Crippen molar-refractivity contribution in [3.8, 4) is 44.5 Å². The van der Waals surface area contributed by atoms with Crippen LogP contribution in [-0.4, -0.2) is 0 Å². The minimum Gasteiger partial charge on any atom is -0.454 e. The Morgan fingerprint density at radius 1 is 0.415 bits per heavy atom. The maximum absolute atomic E-state index is 6.79. The molecule has 8 aromatic carbocycles. The number of hydrogen-bond donors (Lipinski definition) is 0. The molecule has 1 aromatic heterocycles. The summed E-state index contributed by atoms with van der Waals surface area (Å²) in [6.07, 6.45) is 0. The Kier molecular flexibility index (Phi) is 7.19. The second-order valence-electron chi connectivity index (χ2n) is 14.5. The molecule has 0 aliphatic heterocycles. The Morgan fingerprint density at radius 2 is 1.02 bits per heavy atom. The van der Waals surface area contributed by atoms with E-state index in [1.807, 2.05) is 6.07 Å². The molecule has 0 radical (unpaired) electrons. The van der Waals surface area contributed by atoms with Crippen molar-refractivity contribution < 1.29 is 4.42 Å². The van der Waals surface area contributed by atoms with Gasteiger partial charge in [0.1, 0.15) is 5.58 Å². The lowest BCUT2D eigenvalue weighted by Gasteiger charge is -2.31. The average Bonchev–Trinajstić information content (AvgIpc) is 3.71. The first kappa shape index (κ1) is 31.1. The quantitative estimate of drug-likeness (QED) is 0.174. The average molecular weight is 680 g/mol. The van der Waals surface area contributed by atoms with Crippen LogP contribution in [-0.2, 0) is 5.41 Å². The molecular weight excluding hydrogens is 643 g/mol. The number of anilines is 3. The van der Waals surface area contributed by atoms with Crippen molar-refractivity contribution in [2.24, 2.45) is 0 Å². The van der Waals surface area contributed by atoms with E-state index in [9.17, 15) is 0 Å². The summed E-state index contributed by atoms with van der Waals surface area (Å²) in [6, 6.07) is 67.9. The largest absolute Gasteiger partial charge is 0.454 e. The topological polar surface area (TPSA) is 16.4 Å². The minimum atomic E-state index is -0.155. The monoisotopic (exact) mass is 679 g/mol. The fourth-order valence-corrected chi connectivity index (χ4v) is 8.52. The Morgan fingerprint density at radius 3 is 1.87 bits per heavy atom. The molecule has 0 fully saturated rings. The molecule has 0 spiro atoms. The fourth-order valence-electron chi connectivity index (χ4n) is 8.52. The lowest BCUT2D eigenvalue weighted by molar-refractivity contribution is 0.660. The number of fused-ring (bicyclic) bond motifs is 6. The Balaban J connectivity index is 1.29. The minimum absolute atomic E-state index is 0.155. The van der Waals surface area contributed by atoms with Gasteiger partial charge in [-0.25, -0.2) is 0 Å². The van der Waals surface area contributed by atoms with Crippen LogP contribution in [0.5, 0.6) is 0 Å². The van der Waals surface area contributed by atoms with Crippen molar-refractivity contribution in [1.82, 2.24) is 0 Å². The van der Waals surface area contributed by atoms with Crippen LogP contribution >= 0.6 is 0 Å². The highest BCUT2D eigenvalue weighted by atomic mass is 16.3. The maximum atomic E-state index is 6.79. The molecule has 10 rings (SSSR count). The normalized spacial score (nSPS) is 12.9. The second-order valence-corrected chi connectivity index (χ2v) is 14.5. The highest BCUT2D eigenvalue weighted by molar-refractivity contribution is 6.11. The lowest BCUT2D eigenvalue weighted by Crippen LogP contribution is -2.17. The summed E-state index contributed by atoms with van der Waals surface area (Å²) in [4.78, 5) is 2.43. The molecule has 2 nitrogen and oxygen atoms in total. The molecule has 0 atom stereocenters. The van der Waals surface area contributed by atoms with Crippen molar-refractivity contribution in [1.29, 1.82) is 0 Å². The van der Waals surface area contributed by atoms with Crippen molar-refractivity contribution in [2.75, 3.05) is 4.90 Å². The van der Waals surface area contributed by atoms with Gasteiger partial charge < -0.3 is 9.32 Å². The number of nitrogens with zero attached hydrogens (tertiary/aromatic N) is 1. The molecule has 1 aliphatic carbocycles. The third-order valence-electron chi connectivity index (χ3n) is 11.1. The van der Waals surface area contributed by atoms with Crippen LogP contribution in [0.2, 0.25) is 0 Å². The van der Waals surface area contributed by atoms with Gasteiger partial charge in [0.15, 0.2) is 5.58 Å². The van der Waals surface area contributed by atoms with Gasteiger partial charge in [-0.05, 0) is 86.5 Å². The Bertz CT molecular complexity index is 2810. The van der Waals surface area contributed by atoms with Gasteiger partial charge in [0.25, 0.3) is 0 Å². The number of para-hydroxylation sites is 2. The van der Waals surface area contributed by atoms with E-state index in [-0.39, 0.29) is 5.41 Å². The molecule has 0 unspecified atom stereocenters. The van der Waals surface area contributed by atoms with Crippen LogP contribution in [0.1, 0.15) is 25.0 Å². The van der Waals surface area contributed by atoms with E-state index >= 15 is 0 Å². The van der Waals surface area contributed by atoms with E-state index in [0.717, 1.165) is 50.1 Å². The van der Waals surface area contributed by atoms with Crippen LogP contribution in [0.3, 0.4) is 0 Å². The highest BCUT2D eigenvalue weighted by Gasteiger charge is 2.36. The van der Waals surface area contributed by atoms with Crippen molar-refractivity contribution >= 4 is 39.0 Å².